The van der Waals surface area contributed by atoms with E-state index in [1.807, 2.05) is 26.0 Å². The number of nitrogens with one attached hydrogen (secondary N) is 2. The summed E-state index contributed by atoms with van der Waals surface area (Å²) in [4.78, 5) is 49.0. The van der Waals surface area contributed by atoms with Gasteiger partial charge in [-0.25, -0.2) is 9.59 Å². The van der Waals surface area contributed by atoms with E-state index in [2.05, 4.69) is 10.6 Å². The van der Waals surface area contributed by atoms with Crippen molar-refractivity contribution in [1.29, 1.82) is 0 Å². The van der Waals surface area contributed by atoms with Crippen molar-refractivity contribution in [2.45, 2.75) is 26.7 Å². The summed E-state index contributed by atoms with van der Waals surface area (Å²) in [5, 5.41) is 4.67. The molecule has 2 aromatic rings. The molecule has 1 heterocycles. The summed E-state index contributed by atoms with van der Waals surface area (Å²) in [6, 6.07) is 11.5. The number of benzene rings is 2. The summed E-state index contributed by atoms with van der Waals surface area (Å²) in [6.07, 6.45) is 1.38. The number of esters is 1. The van der Waals surface area contributed by atoms with Gasteiger partial charge in [0.1, 0.15) is 5.75 Å². The number of hydrogen-bond acceptors (Lipinski definition) is 6. The highest BCUT2D eigenvalue weighted by molar-refractivity contribution is 6.02. The van der Waals surface area contributed by atoms with Crippen molar-refractivity contribution < 1.29 is 28.7 Å². The third-order valence-electron chi connectivity index (χ3n) is 4.83. The molecule has 0 bridgehead atoms. The molecule has 0 atom stereocenters. The minimum absolute atomic E-state index is 0.0863. The van der Waals surface area contributed by atoms with Gasteiger partial charge in [0.15, 0.2) is 13.2 Å². The van der Waals surface area contributed by atoms with Gasteiger partial charge in [0, 0.05) is 24.3 Å². The first-order valence-electron chi connectivity index (χ1n) is 10.2. The third kappa shape index (κ3) is 6.31. The molecule has 1 fully saturated rings. The van der Waals surface area contributed by atoms with Gasteiger partial charge in [0.05, 0.1) is 0 Å². The van der Waals surface area contributed by atoms with Crippen LogP contribution in [0.5, 0.6) is 5.75 Å². The second-order valence-corrected chi connectivity index (χ2v) is 7.41. The van der Waals surface area contributed by atoms with E-state index < -0.39 is 31.1 Å². The Kier molecular flexibility index (Phi) is 7.43. The van der Waals surface area contributed by atoms with Gasteiger partial charge >= 0.3 is 12.0 Å². The lowest BCUT2D eigenvalue weighted by Crippen LogP contribution is -2.37. The average molecular weight is 439 g/mol. The zero-order valence-electron chi connectivity index (χ0n) is 18.0. The number of carbonyl (C=O) groups excluding carboxylic acids is 4. The number of amides is 4. The first kappa shape index (κ1) is 22.8. The van der Waals surface area contributed by atoms with Gasteiger partial charge in [-0.15, -0.1) is 0 Å². The first-order chi connectivity index (χ1) is 15.3. The molecule has 168 valence electrons. The van der Waals surface area contributed by atoms with Crippen molar-refractivity contribution in [1.82, 2.24) is 5.32 Å². The van der Waals surface area contributed by atoms with Crippen molar-refractivity contribution in [3.05, 3.63) is 53.6 Å². The minimum Gasteiger partial charge on any atom is -0.482 e. The summed E-state index contributed by atoms with van der Waals surface area (Å²) in [7, 11) is 0. The third-order valence-corrected chi connectivity index (χ3v) is 4.83. The molecule has 1 aliphatic rings. The Morgan fingerprint density at radius 1 is 1.03 bits per heavy atom. The second kappa shape index (κ2) is 10.4. The van der Waals surface area contributed by atoms with E-state index in [1.54, 1.807) is 35.2 Å². The van der Waals surface area contributed by atoms with E-state index in [9.17, 15) is 19.2 Å². The molecule has 1 saturated heterocycles. The van der Waals surface area contributed by atoms with Gasteiger partial charge in [-0.2, -0.15) is 0 Å². The van der Waals surface area contributed by atoms with Crippen LogP contribution in [0.15, 0.2) is 42.5 Å². The van der Waals surface area contributed by atoms with Crippen LogP contribution < -0.4 is 20.3 Å². The summed E-state index contributed by atoms with van der Waals surface area (Å²) in [5.41, 5.74) is 3.26. The Morgan fingerprint density at radius 2 is 1.78 bits per heavy atom. The number of rotatable bonds is 7. The number of carbonyl (C=O) groups is 4. The average Bonchev–Trinajstić information content (AvgIpc) is 3.19. The highest BCUT2D eigenvalue weighted by Crippen LogP contribution is 2.23. The van der Waals surface area contributed by atoms with Crippen LogP contribution in [0.25, 0.3) is 0 Å². The fourth-order valence-corrected chi connectivity index (χ4v) is 3.24. The van der Waals surface area contributed by atoms with Crippen LogP contribution in [0.2, 0.25) is 0 Å². The predicted octanol–water partition coefficient (Wildman–Crippen LogP) is 2.70. The van der Waals surface area contributed by atoms with E-state index >= 15 is 0 Å². The molecule has 9 nitrogen and oxygen atoms in total. The Balaban J connectivity index is 1.37. The van der Waals surface area contributed by atoms with Gasteiger partial charge in [0.25, 0.3) is 5.91 Å². The van der Waals surface area contributed by atoms with Gasteiger partial charge < -0.3 is 19.7 Å². The van der Waals surface area contributed by atoms with Crippen molar-refractivity contribution in [2.24, 2.45) is 0 Å². The Bertz CT molecular complexity index is 1020. The molecule has 2 aromatic carbocycles. The number of imide groups is 1. The SMILES string of the molecule is Cc1ccc(NC(=O)NC(=O)COC(=O)COc2ccc(N3CCCC3=O)cc2)c(C)c1. The maximum atomic E-state index is 11.9. The molecular formula is C23H25N3O6. The Hall–Kier alpha value is -3.88. The second-order valence-electron chi connectivity index (χ2n) is 7.41. The molecule has 0 spiro atoms. The summed E-state index contributed by atoms with van der Waals surface area (Å²) in [5.74, 6) is -1.01. The van der Waals surface area contributed by atoms with Crippen LogP contribution in [0, 0.1) is 13.8 Å². The van der Waals surface area contributed by atoms with E-state index in [0.29, 0.717) is 24.4 Å². The molecule has 32 heavy (non-hydrogen) atoms. The summed E-state index contributed by atoms with van der Waals surface area (Å²) < 4.78 is 10.2. The molecular weight excluding hydrogens is 414 g/mol. The maximum absolute atomic E-state index is 11.9. The zero-order valence-corrected chi connectivity index (χ0v) is 18.0. The number of nitrogens with zero attached hydrogens (tertiary/aromatic N) is 1. The van der Waals surface area contributed by atoms with Crippen molar-refractivity contribution >= 4 is 35.2 Å². The quantitative estimate of drug-likeness (QED) is 0.641. The van der Waals surface area contributed by atoms with Crippen LogP contribution in [0.1, 0.15) is 24.0 Å². The molecule has 3 rings (SSSR count). The Morgan fingerprint density at radius 3 is 2.44 bits per heavy atom. The highest BCUT2D eigenvalue weighted by Gasteiger charge is 2.21. The van der Waals surface area contributed by atoms with Gasteiger partial charge in [0.2, 0.25) is 5.91 Å². The van der Waals surface area contributed by atoms with Crippen LogP contribution >= 0.6 is 0 Å². The van der Waals surface area contributed by atoms with Crippen LogP contribution in [0.3, 0.4) is 0 Å². The molecule has 0 unspecified atom stereocenters. The molecule has 2 N–H and O–H groups in total. The fourth-order valence-electron chi connectivity index (χ4n) is 3.24. The van der Waals surface area contributed by atoms with Gasteiger partial charge in [-0.3, -0.25) is 14.9 Å². The molecule has 9 heteroatoms. The number of aryl methyl sites for hydroxylation is 2. The number of urea groups is 1. The predicted molar refractivity (Wildman–Crippen MR) is 118 cm³/mol. The van der Waals surface area contributed by atoms with Gasteiger partial charge in [-0.05, 0) is 56.2 Å². The number of ether oxygens (including phenoxy) is 2. The lowest BCUT2D eigenvalue weighted by molar-refractivity contribution is -0.150. The first-order valence-corrected chi connectivity index (χ1v) is 10.2. The van der Waals surface area contributed by atoms with E-state index in [1.165, 1.54) is 0 Å². The minimum atomic E-state index is -0.764. The zero-order chi connectivity index (χ0) is 23.1. The van der Waals surface area contributed by atoms with E-state index in [4.69, 9.17) is 9.47 Å². The molecule has 0 aromatic heterocycles. The standard InChI is InChI=1S/C23H25N3O6/c1-15-5-10-19(16(2)12-15)24-23(30)25-20(27)13-32-22(29)14-31-18-8-6-17(7-9-18)26-11-3-4-21(26)28/h5-10,12H,3-4,11,13-14H2,1-2H3,(H2,24,25,27,30). The number of hydrogen-bond donors (Lipinski definition) is 2. The van der Waals surface area contributed by atoms with Crippen molar-refractivity contribution in [3.8, 4) is 5.75 Å². The monoisotopic (exact) mass is 439 g/mol. The molecule has 4 amide bonds. The van der Waals surface area contributed by atoms with Gasteiger partial charge in [-0.1, -0.05) is 17.7 Å². The van der Waals surface area contributed by atoms with Crippen molar-refractivity contribution in [3.63, 3.8) is 0 Å². The molecule has 0 aliphatic carbocycles. The Labute approximate surface area is 185 Å². The lowest BCUT2D eigenvalue weighted by Gasteiger charge is -2.16. The maximum Gasteiger partial charge on any atom is 0.344 e. The molecule has 1 aliphatic heterocycles. The summed E-state index contributed by atoms with van der Waals surface area (Å²) in [6.45, 7) is 3.45. The largest absolute Gasteiger partial charge is 0.482 e. The van der Waals surface area contributed by atoms with Crippen LogP contribution in [-0.4, -0.2) is 43.6 Å². The normalized spacial score (nSPS) is 12.9. The fraction of sp³-hybridized carbons (Fsp3) is 0.304. The smallest absolute Gasteiger partial charge is 0.344 e. The van der Waals surface area contributed by atoms with Crippen LogP contribution in [-0.2, 0) is 19.1 Å². The summed E-state index contributed by atoms with van der Waals surface area (Å²) >= 11 is 0. The molecule has 0 radical (unpaired) electrons. The highest BCUT2D eigenvalue weighted by atomic mass is 16.6. The van der Waals surface area contributed by atoms with Crippen molar-refractivity contribution in [2.75, 3.05) is 30.0 Å². The topological polar surface area (TPSA) is 114 Å². The number of anilines is 2. The van der Waals surface area contributed by atoms with E-state index in [-0.39, 0.29) is 5.91 Å². The van der Waals surface area contributed by atoms with Crippen LogP contribution in [0.4, 0.5) is 16.2 Å². The van der Waals surface area contributed by atoms with E-state index in [0.717, 1.165) is 23.2 Å². The lowest BCUT2D eigenvalue weighted by atomic mass is 10.1. The molecule has 0 saturated carbocycles.